The number of pyridine rings is 1. The van der Waals surface area contributed by atoms with Crippen LogP contribution in [0, 0.1) is 0 Å². The number of nitrogens with two attached hydrogens (primary N) is 1. The zero-order valence-electron chi connectivity index (χ0n) is 10.5. The molecule has 6 nitrogen and oxygen atoms in total. The first-order chi connectivity index (χ1) is 9.17. The molecule has 0 amide bonds. The zero-order chi connectivity index (χ0) is 13.7. The quantitative estimate of drug-likeness (QED) is 0.565. The number of nitrogens with one attached hydrogen (secondary N) is 2. The number of nitrogens with zero attached hydrogens (tertiary/aromatic N) is 2. The third-order valence-corrected chi connectivity index (χ3v) is 3.17. The van der Waals surface area contributed by atoms with E-state index >= 15 is 0 Å². The summed E-state index contributed by atoms with van der Waals surface area (Å²) >= 11 is 1.39. The highest BCUT2D eigenvalue weighted by Crippen LogP contribution is 2.18. The van der Waals surface area contributed by atoms with Crippen molar-refractivity contribution in [1.82, 2.24) is 15.0 Å². The average molecular weight is 277 g/mol. The fourth-order valence-corrected chi connectivity index (χ4v) is 2.29. The van der Waals surface area contributed by atoms with E-state index in [4.69, 9.17) is 5.73 Å². The third kappa shape index (κ3) is 3.99. The van der Waals surface area contributed by atoms with Crippen molar-refractivity contribution in [2.45, 2.75) is 17.8 Å². The molecule has 0 bridgehead atoms. The second-order valence-electron chi connectivity index (χ2n) is 3.81. The lowest BCUT2D eigenvalue weighted by molar-refractivity contribution is 0.943. The topological polar surface area (TPSA) is 96.7 Å². The molecule has 2 aromatic heterocycles. The van der Waals surface area contributed by atoms with Crippen LogP contribution in [-0.2, 0) is 5.75 Å². The maximum atomic E-state index is 11.2. The van der Waals surface area contributed by atoms with E-state index in [1.54, 1.807) is 0 Å². The van der Waals surface area contributed by atoms with Gasteiger partial charge in [-0.2, -0.15) is 0 Å². The lowest BCUT2D eigenvalue weighted by atomic mass is 10.4. The van der Waals surface area contributed by atoms with Gasteiger partial charge in [-0.25, -0.2) is 9.97 Å². The number of H-pyrrole nitrogens is 1. The van der Waals surface area contributed by atoms with Gasteiger partial charge in [0.15, 0.2) is 5.16 Å². The Kier molecular flexibility index (Phi) is 4.40. The Hall–Kier alpha value is -2.02. The molecule has 0 unspecified atom stereocenters. The van der Waals surface area contributed by atoms with Gasteiger partial charge < -0.3 is 16.0 Å². The molecular weight excluding hydrogens is 262 g/mol. The van der Waals surface area contributed by atoms with Crippen LogP contribution in [-0.4, -0.2) is 21.5 Å². The van der Waals surface area contributed by atoms with Crippen molar-refractivity contribution >= 4 is 23.4 Å². The Morgan fingerprint density at radius 2 is 2.26 bits per heavy atom. The minimum absolute atomic E-state index is 0.223. The first-order valence-electron chi connectivity index (χ1n) is 5.87. The Bertz CT molecular complexity index is 613. The highest BCUT2D eigenvalue weighted by atomic mass is 32.2. The fraction of sp³-hybridized carbons (Fsp3) is 0.250. The number of anilines is 2. The Morgan fingerprint density at radius 3 is 3.00 bits per heavy atom. The van der Waals surface area contributed by atoms with Gasteiger partial charge in [0, 0.05) is 18.4 Å². The molecule has 0 radical (unpaired) electrons. The zero-order valence-corrected chi connectivity index (χ0v) is 11.3. The number of hydrogen-bond donors (Lipinski definition) is 3. The molecular formula is C12H15N5OS. The van der Waals surface area contributed by atoms with E-state index in [0.717, 1.165) is 18.1 Å². The van der Waals surface area contributed by atoms with E-state index in [1.807, 2.05) is 25.1 Å². The summed E-state index contributed by atoms with van der Waals surface area (Å²) in [6, 6.07) is 7.04. The number of thioether (sulfide) groups is 1. The molecule has 2 heterocycles. The molecule has 2 aromatic rings. The van der Waals surface area contributed by atoms with Crippen molar-refractivity contribution in [2.75, 3.05) is 17.6 Å². The van der Waals surface area contributed by atoms with Crippen LogP contribution in [0.3, 0.4) is 0 Å². The van der Waals surface area contributed by atoms with Crippen molar-refractivity contribution in [2.24, 2.45) is 0 Å². The lowest BCUT2D eigenvalue weighted by Crippen LogP contribution is -2.09. The van der Waals surface area contributed by atoms with Crippen molar-refractivity contribution < 1.29 is 0 Å². The largest absolute Gasteiger partial charge is 0.383 e. The van der Waals surface area contributed by atoms with Crippen LogP contribution < -0.4 is 16.6 Å². The van der Waals surface area contributed by atoms with Crippen LogP contribution in [0.1, 0.15) is 12.6 Å². The molecule has 100 valence electrons. The van der Waals surface area contributed by atoms with Gasteiger partial charge in [0.25, 0.3) is 5.56 Å². The SMILES string of the molecule is CCNc1cccc(CSc2nc(N)cc(=O)[nH]2)n1. The van der Waals surface area contributed by atoms with Gasteiger partial charge in [-0.15, -0.1) is 0 Å². The summed E-state index contributed by atoms with van der Waals surface area (Å²) in [5.41, 5.74) is 6.19. The van der Waals surface area contributed by atoms with Crippen LogP contribution in [0.2, 0.25) is 0 Å². The summed E-state index contributed by atoms with van der Waals surface area (Å²) in [5.74, 6) is 1.68. The minimum Gasteiger partial charge on any atom is -0.383 e. The van der Waals surface area contributed by atoms with Crippen molar-refractivity contribution in [3.63, 3.8) is 0 Å². The highest BCUT2D eigenvalue weighted by Gasteiger charge is 2.02. The molecule has 2 rings (SSSR count). The monoisotopic (exact) mass is 277 g/mol. The molecule has 0 aliphatic carbocycles. The molecule has 0 saturated carbocycles. The summed E-state index contributed by atoms with van der Waals surface area (Å²) in [7, 11) is 0. The molecule has 0 fully saturated rings. The van der Waals surface area contributed by atoms with Gasteiger partial charge in [0.1, 0.15) is 11.6 Å². The molecule has 4 N–H and O–H groups in total. The van der Waals surface area contributed by atoms with E-state index in [0.29, 0.717) is 10.9 Å². The third-order valence-electron chi connectivity index (χ3n) is 2.26. The lowest BCUT2D eigenvalue weighted by Gasteiger charge is -2.05. The van der Waals surface area contributed by atoms with E-state index in [9.17, 15) is 4.79 Å². The van der Waals surface area contributed by atoms with Crippen molar-refractivity contribution in [3.05, 3.63) is 40.3 Å². The molecule has 0 spiro atoms. The van der Waals surface area contributed by atoms with Crippen LogP contribution >= 0.6 is 11.8 Å². The summed E-state index contributed by atoms with van der Waals surface area (Å²) in [6.07, 6.45) is 0. The van der Waals surface area contributed by atoms with Crippen LogP contribution in [0.4, 0.5) is 11.6 Å². The highest BCUT2D eigenvalue weighted by molar-refractivity contribution is 7.98. The molecule has 7 heteroatoms. The second-order valence-corrected chi connectivity index (χ2v) is 4.77. The van der Waals surface area contributed by atoms with E-state index in [1.165, 1.54) is 17.8 Å². The normalized spacial score (nSPS) is 10.4. The molecule has 0 saturated heterocycles. The molecule has 0 aromatic carbocycles. The average Bonchev–Trinajstić information content (AvgIpc) is 2.36. The van der Waals surface area contributed by atoms with Gasteiger partial charge >= 0.3 is 0 Å². The second kappa shape index (κ2) is 6.24. The summed E-state index contributed by atoms with van der Waals surface area (Å²) in [4.78, 5) is 22.4. The number of aromatic amines is 1. The van der Waals surface area contributed by atoms with Crippen LogP contribution in [0.25, 0.3) is 0 Å². The fourth-order valence-electron chi connectivity index (χ4n) is 1.50. The molecule has 0 aliphatic rings. The summed E-state index contributed by atoms with van der Waals surface area (Å²) in [5, 5.41) is 3.65. The van der Waals surface area contributed by atoms with Crippen LogP contribution in [0.15, 0.2) is 34.2 Å². The predicted molar refractivity (Wildman–Crippen MR) is 77.2 cm³/mol. The number of nitrogen functional groups attached to an aromatic ring is 1. The van der Waals surface area contributed by atoms with Gasteiger partial charge in [0.05, 0.1) is 5.69 Å². The standard InChI is InChI=1S/C12H15N5OS/c1-2-14-10-5-3-4-8(15-10)7-19-12-16-9(13)6-11(18)17-12/h3-6H,2,7H2,1H3,(H,14,15)(H3,13,16,17,18). The number of rotatable bonds is 5. The van der Waals surface area contributed by atoms with E-state index in [-0.39, 0.29) is 11.4 Å². The van der Waals surface area contributed by atoms with Gasteiger partial charge in [-0.3, -0.25) is 4.79 Å². The first kappa shape index (κ1) is 13.4. The van der Waals surface area contributed by atoms with E-state index < -0.39 is 0 Å². The van der Waals surface area contributed by atoms with Crippen molar-refractivity contribution in [3.8, 4) is 0 Å². The molecule has 19 heavy (non-hydrogen) atoms. The number of aromatic nitrogens is 3. The van der Waals surface area contributed by atoms with Gasteiger partial charge in [-0.05, 0) is 19.1 Å². The number of hydrogen-bond acceptors (Lipinski definition) is 6. The Labute approximate surface area is 114 Å². The summed E-state index contributed by atoms with van der Waals surface area (Å²) < 4.78 is 0. The molecule has 0 aliphatic heterocycles. The van der Waals surface area contributed by atoms with Gasteiger partial charge in [-0.1, -0.05) is 17.8 Å². The van der Waals surface area contributed by atoms with Crippen LogP contribution in [0.5, 0.6) is 0 Å². The Balaban J connectivity index is 2.05. The predicted octanol–water partition coefficient (Wildman–Crippen LogP) is 1.47. The maximum absolute atomic E-state index is 11.2. The Morgan fingerprint density at radius 1 is 1.42 bits per heavy atom. The smallest absolute Gasteiger partial charge is 0.253 e. The molecule has 0 atom stereocenters. The van der Waals surface area contributed by atoms with Gasteiger partial charge in [0.2, 0.25) is 0 Å². The maximum Gasteiger partial charge on any atom is 0.253 e. The van der Waals surface area contributed by atoms with E-state index in [2.05, 4.69) is 20.3 Å². The minimum atomic E-state index is -0.246. The van der Waals surface area contributed by atoms with Crippen molar-refractivity contribution in [1.29, 1.82) is 0 Å². The summed E-state index contributed by atoms with van der Waals surface area (Å²) in [6.45, 7) is 2.85. The first-order valence-corrected chi connectivity index (χ1v) is 6.85.